The summed E-state index contributed by atoms with van der Waals surface area (Å²) in [6.07, 6.45) is 14.0. The van der Waals surface area contributed by atoms with Gasteiger partial charge in [0.25, 0.3) is 0 Å². The number of hydrogen-bond acceptors (Lipinski definition) is 0. The van der Waals surface area contributed by atoms with Crippen LogP contribution in [0, 0.1) is 11.8 Å². The normalized spacial score (nSPS) is 30.0. The molecule has 0 heteroatoms. The van der Waals surface area contributed by atoms with E-state index in [1.165, 1.54) is 33.4 Å². The van der Waals surface area contributed by atoms with Crippen LogP contribution in [0.2, 0.25) is 0 Å². The predicted octanol–water partition coefficient (Wildman–Crippen LogP) is 4.90. The Morgan fingerprint density at radius 3 is 1.44 bits per heavy atom. The Kier molecular flexibility index (Phi) is 2.55. The lowest BCUT2D eigenvalue weighted by molar-refractivity contribution is 0.596. The number of fused-ring (bicyclic) bond motifs is 3. The number of allylic oxidation sites excluding steroid dienone is 12. The highest BCUT2D eigenvalue weighted by Crippen LogP contribution is 2.44. The Morgan fingerprint density at radius 2 is 1.06 bits per heavy atom. The molecule has 0 radical (unpaired) electrons. The van der Waals surface area contributed by atoms with E-state index in [1.807, 2.05) is 0 Å². The molecular formula is C18H20. The van der Waals surface area contributed by atoms with Gasteiger partial charge >= 0.3 is 0 Å². The maximum atomic E-state index is 2.38. The molecule has 0 bridgehead atoms. The third-order valence-electron chi connectivity index (χ3n) is 4.70. The minimum Gasteiger partial charge on any atom is -0.0758 e. The molecule has 0 N–H and O–H groups in total. The molecule has 0 unspecified atom stereocenters. The van der Waals surface area contributed by atoms with Crippen LogP contribution in [0.5, 0.6) is 0 Å². The SMILES string of the molecule is CC1=C(C)C2=CC=C3C(C)=C(C)C=C[C@H]3[C@@H]2C=C1. The first-order valence-corrected chi connectivity index (χ1v) is 6.73. The first-order chi connectivity index (χ1) is 8.59. The molecule has 3 rings (SSSR count). The average molecular weight is 236 g/mol. The third-order valence-corrected chi connectivity index (χ3v) is 4.70. The monoisotopic (exact) mass is 236 g/mol. The van der Waals surface area contributed by atoms with Crippen LogP contribution in [0.4, 0.5) is 0 Å². The van der Waals surface area contributed by atoms with E-state index in [9.17, 15) is 0 Å². The molecule has 0 nitrogen and oxygen atoms in total. The summed E-state index contributed by atoms with van der Waals surface area (Å²) in [4.78, 5) is 0. The molecule has 0 aliphatic heterocycles. The molecule has 18 heavy (non-hydrogen) atoms. The van der Waals surface area contributed by atoms with E-state index in [0.717, 1.165) is 0 Å². The third kappa shape index (κ3) is 1.52. The maximum Gasteiger partial charge on any atom is 0.0128 e. The van der Waals surface area contributed by atoms with Crippen LogP contribution in [0.15, 0.2) is 69.9 Å². The summed E-state index contributed by atoms with van der Waals surface area (Å²) >= 11 is 0. The molecule has 0 fully saturated rings. The summed E-state index contributed by atoms with van der Waals surface area (Å²) in [6.45, 7) is 8.90. The average Bonchev–Trinajstić information content (AvgIpc) is 2.38. The van der Waals surface area contributed by atoms with E-state index < -0.39 is 0 Å². The van der Waals surface area contributed by atoms with Gasteiger partial charge in [0.05, 0.1) is 0 Å². The lowest BCUT2D eigenvalue weighted by Gasteiger charge is -2.35. The molecule has 0 aromatic carbocycles. The molecule has 2 atom stereocenters. The van der Waals surface area contributed by atoms with E-state index >= 15 is 0 Å². The van der Waals surface area contributed by atoms with Crippen molar-refractivity contribution in [3.8, 4) is 0 Å². The quantitative estimate of drug-likeness (QED) is 0.561. The summed E-state index contributed by atoms with van der Waals surface area (Å²) in [6, 6.07) is 0. The van der Waals surface area contributed by atoms with Gasteiger partial charge in [0.2, 0.25) is 0 Å². The summed E-state index contributed by atoms with van der Waals surface area (Å²) < 4.78 is 0. The molecular weight excluding hydrogens is 216 g/mol. The lowest BCUT2D eigenvalue weighted by atomic mass is 9.68. The first-order valence-electron chi connectivity index (χ1n) is 6.73. The fourth-order valence-corrected chi connectivity index (χ4v) is 3.19. The van der Waals surface area contributed by atoms with Crippen molar-refractivity contribution in [1.29, 1.82) is 0 Å². The van der Waals surface area contributed by atoms with Gasteiger partial charge < -0.3 is 0 Å². The summed E-state index contributed by atoms with van der Waals surface area (Å²) in [5.74, 6) is 1.07. The van der Waals surface area contributed by atoms with Crippen LogP contribution < -0.4 is 0 Å². The molecule has 0 saturated carbocycles. The van der Waals surface area contributed by atoms with Gasteiger partial charge in [0.15, 0.2) is 0 Å². The highest BCUT2D eigenvalue weighted by molar-refractivity contribution is 5.57. The van der Waals surface area contributed by atoms with Crippen molar-refractivity contribution in [3.05, 3.63) is 69.9 Å². The largest absolute Gasteiger partial charge is 0.0758 e. The zero-order valence-electron chi connectivity index (χ0n) is 11.6. The molecule has 92 valence electrons. The highest BCUT2D eigenvalue weighted by Gasteiger charge is 2.31. The Morgan fingerprint density at radius 1 is 0.667 bits per heavy atom. The van der Waals surface area contributed by atoms with E-state index in [1.54, 1.807) is 0 Å². The second-order valence-electron chi connectivity index (χ2n) is 5.63. The minimum absolute atomic E-state index is 0.535. The van der Waals surface area contributed by atoms with E-state index in [-0.39, 0.29) is 0 Å². The number of rotatable bonds is 0. The van der Waals surface area contributed by atoms with E-state index in [0.29, 0.717) is 11.8 Å². The fraction of sp³-hybridized carbons (Fsp3) is 0.333. The van der Waals surface area contributed by atoms with Gasteiger partial charge in [-0.2, -0.15) is 0 Å². The Balaban J connectivity index is 2.13. The van der Waals surface area contributed by atoms with Crippen LogP contribution in [0.25, 0.3) is 0 Å². The van der Waals surface area contributed by atoms with Crippen molar-refractivity contribution in [1.82, 2.24) is 0 Å². The molecule has 0 saturated heterocycles. The van der Waals surface area contributed by atoms with Crippen LogP contribution >= 0.6 is 0 Å². The number of hydrogen-bond donors (Lipinski definition) is 0. The van der Waals surface area contributed by atoms with E-state index in [4.69, 9.17) is 0 Å². The fourth-order valence-electron chi connectivity index (χ4n) is 3.19. The lowest BCUT2D eigenvalue weighted by Crippen LogP contribution is -2.23. The van der Waals surface area contributed by atoms with Crippen molar-refractivity contribution < 1.29 is 0 Å². The van der Waals surface area contributed by atoms with Crippen LogP contribution in [0.3, 0.4) is 0 Å². The van der Waals surface area contributed by atoms with Crippen molar-refractivity contribution in [2.75, 3.05) is 0 Å². The zero-order chi connectivity index (χ0) is 12.9. The van der Waals surface area contributed by atoms with E-state index in [2.05, 4.69) is 64.2 Å². The summed E-state index contributed by atoms with van der Waals surface area (Å²) in [5, 5.41) is 0. The van der Waals surface area contributed by atoms with Crippen molar-refractivity contribution in [2.45, 2.75) is 27.7 Å². The summed E-state index contributed by atoms with van der Waals surface area (Å²) in [7, 11) is 0. The van der Waals surface area contributed by atoms with Gasteiger partial charge in [-0.15, -0.1) is 0 Å². The maximum absolute atomic E-state index is 2.38. The second kappa shape index (κ2) is 3.98. The van der Waals surface area contributed by atoms with Gasteiger partial charge in [-0.05, 0) is 61.1 Å². The first kappa shape index (κ1) is 11.5. The van der Waals surface area contributed by atoms with Crippen LogP contribution in [-0.4, -0.2) is 0 Å². The van der Waals surface area contributed by atoms with Crippen molar-refractivity contribution in [3.63, 3.8) is 0 Å². The van der Waals surface area contributed by atoms with Gasteiger partial charge in [-0.1, -0.05) is 36.5 Å². The molecule has 3 aliphatic carbocycles. The van der Waals surface area contributed by atoms with Crippen molar-refractivity contribution in [2.24, 2.45) is 11.8 Å². The predicted molar refractivity (Wildman–Crippen MR) is 78.2 cm³/mol. The van der Waals surface area contributed by atoms with Crippen molar-refractivity contribution >= 4 is 0 Å². The van der Waals surface area contributed by atoms with Crippen LogP contribution in [-0.2, 0) is 0 Å². The topological polar surface area (TPSA) is 0 Å². The zero-order valence-corrected chi connectivity index (χ0v) is 11.6. The molecule has 0 aromatic heterocycles. The Labute approximate surface area is 110 Å². The molecule has 3 aliphatic rings. The van der Waals surface area contributed by atoms with Gasteiger partial charge in [0, 0.05) is 11.8 Å². The second-order valence-corrected chi connectivity index (χ2v) is 5.63. The highest BCUT2D eigenvalue weighted by atomic mass is 14.4. The Hall–Kier alpha value is -1.56. The smallest absolute Gasteiger partial charge is 0.0128 e. The molecule has 0 spiro atoms. The molecule has 0 aromatic rings. The minimum atomic E-state index is 0.535. The van der Waals surface area contributed by atoms with Gasteiger partial charge in [-0.3, -0.25) is 0 Å². The van der Waals surface area contributed by atoms with Gasteiger partial charge in [-0.25, -0.2) is 0 Å². The molecule has 0 amide bonds. The standard InChI is InChI=1S/C18H20/c1-11-5-7-17-15(13(11)3)9-10-16-14(4)12(2)6-8-18(16)17/h5-10,17-18H,1-4H3/t17-,18-/m1/s1. The van der Waals surface area contributed by atoms with Gasteiger partial charge in [0.1, 0.15) is 0 Å². The summed E-state index contributed by atoms with van der Waals surface area (Å²) in [5.41, 5.74) is 8.71. The Bertz CT molecular complexity index is 532. The molecule has 0 heterocycles. The van der Waals surface area contributed by atoms with Crippen LogP contribution in [0.1, 0.15) is 27.7 Å².